The molecular weight excluding hydrogens is 338 g/mol. The van der Waals surface area contributed by atoms with Crippen molar-refractivity contribution in [3.63, 3.8) is 0 Å². The fourth-order valence-electron chi connectivity index (χ4n) is 4.30. The van der Waals surface area contributed by atoms with Crippen LogP contribution in [-0.2, 0) is 11.3 Å². The molecule has 2 fully saturated rings. The number of hydrogen-bond donors (Lipinski definition) is 1. The third kappa shape index (κ3) is 5.55. The molecule has 1 aliphatic heterocycles. The van der Waals surface area contributed by atoms with E-state index in [1.807, 2.05) is 18.2 Å². The van der Waals surface area contributed by atoms with Gasteiger partial charge in [0, 0.05) is 38.8 Å². The summed E-state index contributed by atoms with van der Waals surface area (Å²) in [5.41, 5.74) is 1.86. The number of benzene rings is 1. The number of carbonyl (C=O) groups excluding carboxylic acids is 2. The van der Waals surface area contributed by atoms with Crippen LogP contribution in [0.3, 0.4) is 0 Å². The summed E-state index contributed by atoms with van der Waals surface area (Å²) in [6, 6.07) is 8.24. The summed E-state index contributed by atoms with van der Waals surface area (Å²) < 4.78 is 0. The van der Waals surface area contributed by atoms with Crippen molar-refractivity contribution in [2.24, 2.45) is 5.92 Å². The van der Waals surface area contributed by atoms with Gasteiger partial charge in [0.15, 0.2) is 0 Å². The van der Waals surface area contributed by atoms with Crippen LogP contribution in [0.4, 0.5) is 0 Å². The van der Waals surface area contributed by atoms with E-state index in [1.54, 1.807) is 19.0 Å². The first kappa shape index (κ1) is 19.9. The van der Waals surface area contributed by atoms with E-state index in [1.165, 1.54) is 19.3 Å². The molecule has 1 aromatic carbocycles. The highest BCUT2D eigenvalue weighted by atomic mass is 16.2. The van der Waals surface area contributed by atoms with Gasteiger partial charge in [-0.2, -0.15) is 0 Å². The predicted octanol–water partition coefficient (Wildman–Crippen LogP) is 3.05. The maximum absolute atomic E-state index is 12.7. The predicted molar refractivity (Wildman–Crippen MR) is 107 cm³/mol. The smallest absolute Gasteiger partial charge is 0.253 e. The molecule has 1 saturated heterocycles. The maximum Gasteiger partial charge on any atom is 0.253 e. The highest BCUT2D eigenvalue weighted by Crippen LogP contribution is 2.22. The summed E-state index contributed by atoms with van der Waals surface area (Å²) >= 11 is 0. The topological polar surface area (TPSA) is 52.7 Å². The number of amides is 2. The molecule has 1 saturated carbocycles. The van der Waals surface area contributed by atoms with E-state index in [-0.39, 0.29) is 17.7 Å². The number of likely N-dealkylation sites (tertiary alicyclic amines) is 1. The summed E-state index contributed by atoms with van der Waals surface area (Å²) in [4.78, 5) is 28.8. The van der Waals surface area contributed by atoms with Crippen LogP contribution in [0.2, 0.25) is 0 Å². The van der Waals surface area contributed by atoms with Crippen molar-refractivity contribution in [3.05, 3.63) is 35.4 Å². The fraction of sp³-hybridized carbons (Fsp3) is 0.636. The molecular formula is C22H33N3O2. The van der Waals surface area contributed by atoms with Gasteiger partial charge in [-0.25, -0.2) is 0 Å². The van der Waals surface area contributed by atoms with Crippen LogP contribution in [0, 0.1) is 5.92 Å². The summed E-state index contributed by atoms with van der Waals surface area (Å²) in [5, 5.41) is 3.29. The number of hydrogen-bond acceptors (Lipinski definition) is 3. The standard InChI is InChI=1S/C22H33N3O2/c1-24(2)22(27)18-9-6-8-17(14-18)15-25-13-7-10-19(16-25)21(26)23-20-11-4-3-5-12-20/h6,8-9,14,19-20H,3-5,7,10-13,15-16H2,1-2H3,(H,23,26). The van der Waals surface area contributed by atoms with Crippen molar-refractivity contribution >= 4 is 11.8 Å². The van der Waals surface area contributed by atoms with Crippen LogP contribution >= 0.6 is 0 Å². The highest BCUT2D eigenvalue weighted by Gasteiger charge is 2.27. The van der Waals surface area contributed by atoms with E-state index in [2.05, 4.69) is 16.3 Å². The molecule has 1 atom stereocenters. The Balaban J connectivity index is 1.55. The third-order valence-electron chi connectivity index (χ3n) is 5.81. The van der Waals surface area contributed by atoms with Crippen LogP contribution < -0.4 is 5.32 Å². The molecule has 0 radical (unpaired) electrons. The molecule has 0 aromatic heterocycles. The van der Waals surface area contributed by atoms with Crippen molar-refractivity contribution in [2.75, 3.05) is 27.2 Å². The van der Waals surface area contributed by atoms with Crippen molar-refractivity contribution < 1.29 is 9.59 Å². The minimum atomic E-state index is 0.0280. The second-order valence-electron chi connectivity index (χ2n) is 8.32. The van der Waals surface area contributed by atoms with E-state index in [0.717, 1.165) is 56.4 Å². The van der Waals surface area contributed by atoms with Crippen molar-refractivity contribution in [1.29, 1.82) is 0 Å². The molecule has 3 rings (SSSR count). The summed E-state index contributed by atoms with van der Waals surface area (Å²) in [7, 11) is 3.55. The van der Waals surface area contributed by atoms with Gasteiger partial charge in [0.05, 0.1) is 5.92 Å². The lowest BCUT2D eigenvalue weighted by atomic mass is 9.93. The fourth-order valence-corrected chi connectivity index (χ4v) is 4.30. The Kier molecular flexibility index (Phi) is 6.89. The first-order valence-electron chi connectivity index (χ1n) is 10.4. The van der Waals surface area contributed by atoms with Crippen molar-refractivity contribution in [3.8, 4) is 0 Å². The van der Waals surface area contributed by atoms with Gasteiger partial charge in [0.25, 0.3) is 5.91 Å². The Morgan fingerprint density at radius 2 is 1.89 bits per heavy atom. The Labute approximate surface area is 163 Å². The molecule has 1 heterocycles. The summed E-state index contributed by atoms with van der Waals surface area (Å²) in [6.45, 7) is 2.62. The van der Waals surface area contributed by atoms with E-state index in [4.69, 9.17) is 0 Å². The zero-order valence-corrected chi connectivity index (χ0v) is 16.7. The molecule has 5 nitrogen and oxygen atoms in total. The Bertz CT molecular complexity index is 653. The molecule has 1 aliphatic carbocycles. The molecule has 0 spiro atoms. The van der Waals surface area contributed by atoms with E-state index in [9.17, 15) is 9.59 Å². The number of nitrogens with one attached hydrogen (secondary N) is 1. The van der Waals surface area contributed by atoms with Gasteiger partial charge in [0.1, 0.15) is 0 Å². The summed E-state index contributed by atoms with van der Waals surface area (Å²) in [5.74, 6) is 0.357. The van der Waals surface area contributed by atoms with Crippen LogP contribution in [0.25, 0.3) is 0 Å². The second-order valence-corrected chi connectivity index (χ2v) is 8.32. The SMILES string of the molecule is CN(C)C(=O)c1cccc(CN2CCCC(C(=O)NC3CCCCC3)C2)c1. The number of carbonyl (C=O) groups is 2. The number of piperidine rings is 1. The third-order valence-corrected chi connectivity index (χ3v) is 5.81. The van der Waals surface area contributed by atoms with Crippen LogP contribution in [0.15, 0.2) is 24.3 Å². The minimum absolute atomic E-state index is 0.0280. The first-order chi connectivity index (χ1) is 13.0. The average Bonchev–Trinajstić information content (AvgIpc) is 2.68. The van der Waals surface area contributed by atoms with E-state index in [0.29, 0.717) is 6.04 Å². The maximum atomic E-state index is 12.7. The molecule has 27 heavy (non-hydrogen) atoms. The molecule has 2 aliphatic rings. The molecule has 1 N–H and O–H groups in total. The highest BCUT2D eigenvalue weighted by molar-refractivity contribution is 5.94. The van der Waals surface area contributed by atoms with Crippen LogP contribution in [0.1, 0.15) is 60.9 Å². The monoisotopic (exact) mass is 371 g/mol. The van der Waals surface area contributed by atoms with Gasteiger partial charge >= 0.3 is 0 Å². The van der Waals surface area contributed by atoms with Gasteiger partial charge in [-0.15, -0.1) is 0 Å². The van der Waals surface area contributed by atoms with Gasteiger partial charge in [-0.3, -0.25) is 14.5 Å². The van der Waals surface area contributed by atoms with Crippen LogP contribution in [0.5, 0.6) is 0 Å². The van der Waals surface area contributed by atoms with E-state index < -0.39 is 0 Å². The first-order valence-corrected chi connectivity index (χ1v) is 10.4. The van der Waals surface area contributed by atoms with Gasteiger partial charge < -0.3 is 10.2 Å². The zero-order valence-electron chi connectivity index (χ0n) is 16.7. The molecule has 0 bridgehead atoms. The molecule has 1 unspecified atom stereocenters. The average molecular weight is 372 g/mol. The molecule has 148 valence electrons. The molecule has 5 heteroatoms. The van der Waals surface area contributed by atoms with Gasteiger partial charge in [-0.1, -0.05) is 31.4 Å². The lowest BCUT2D eigenvalue weighted by Crippen LogP contribution is -2.46. The van der Waals surface area contributed by atoms with E-state index >= 15 is 0 Å². The normalized spacial score (nSPS) is 21.6. The minimum Gasteiger partial charge on any atom is -0.353 e. The zero-order chi connectivity index (χ0) is 19.2. The molecule has 2 amide bonds. The largest absolute Gasteiger partial charge is 0.353 e. The van der Waals surface area contributed by atoms with Crippen molar-refractivity contribution in [2.45, 2.75) is 57.5 Å². The van der Waals surface area contributed by atoms with Crippen LogP contribution in [-0.4, -0.2) is 54.8 Å². The number of rotatable bonds is 5. The quantitative estimate of drug-likeness (QED) is 0.865. The Hall–Kier alpha value is -1.88. The summed E-state index contributed by atoms with van der Waals surface area (Å²) in [6.07, 6.45) is 8.09. The number of nitrogens with zero attached hydrogens (tertiary/aromatic N) is 2. The lowest BCUT2D eigenvalue weighted by Gasteiger charge is -2.33. The Morgan fingerprint density at radius 1 is 1.11 bits per heavy atom. The second kappa shape index (κ2) is 9.36. The van der Waals surface area contributed by atoms with Crippen molar-refractivity contribution in [1.82, 2.24) is 15.1 Å². The Morgan fingerprint density at radius 3 is 2.63 bits per heavy atom. The molecule has 1 aromatic rings. The lowest BCUT2D eigenvalue weighted by molar-refractivity contribution is -0.127. The van der Waals surface area contributed by atoms with Gasteiger partial charge in [-0.05, 0) is 49.9 Å². The van der Waals surface area contributed by atoms with Gasteiger partial charge in [0.2, 0.25) is 5.91 Å².